The van der Waals surface area contributed by atoms with Gasteiger partial charge in [-0.15, -0.1) is 0 Å². The van der Waals surface area contributed by atoms with Crippen LogP contribution in [0.5, 0.6) is 0 Å². The van der Waals surface area contributed by atoms with Crippen molar-refractivity contribution in [3.8, 4) is 0 Å². The number of rotatable bonds is 19. The Morgan fingerprint density at radius 2 is 0.906 bits per heavy atom. The van der Waals surface area contributed by atoms with Gasteiger partial charge in [0, 0.05) is 12.8 Å². The Morgan fingerprint density at radius 1 is 0.500 bits per heavy atom. The number of hydrogen-bond acceptors (Lipinski definition) is 6. The first-order valence-electron chi connectivity index (χ1n) is 28.0. The predicted molar refractivity (Wildman–Crippen MR) is 259 cm³/mol. The lowest BCUT2D eigenvalue weighted by molar-refractivity contribution is -0.0600. The molecule has 0 aromatic heterocycles. The van der Waals surface area contributed by atoms with Crippen LogP contribution in [0.3, 0.4) is 0 Å². The average Bonchev–Trinajstić information content (AvgIpc) is 3.80. The van der Waals surface area contributed by atoms with E-state index in [0.717, 1.165) is 85.9 Å². The van der Waals surface area contributed by atoms with Gasteiger partial charge in [0.1, 0.15) is 25.4 Å². The van der Waals surface area contributed by atoms with E-state index in [-0.39, 0.29) is 36.3 Å². The van der Waals surface area contributed by atoms with Crippen LogP contribution in [0.4, 0.5) is 9.59 Å². The van der Waals surface area contributed by atoms with Crippen molar-refractivity contribution in [2.75, 3.05) is 13.2 Å². The van der Waals surface area contributed by atoms with Crippen LogP contribution in [-0.2, 0) is 18.9 Å². The molecule has 0 aromatic carbocycles. The van der Waals surface area contributed by atoms with Gasteiger partial charge in [-0.2, -0.15) is 0 Å². The zero-order valence-corrected chi connectivity index (χ0v) is 42.0. The smallest absolute Gasteiger partial charge is 0.431 e. The van der Waals surface area contributed by atoms with Crippen LogP contribution in [0.15, 0.2) is 23.3 Å². The van der Waals surface area contributed by atoms with Crippen LogP contribution in [0, 0.1) is 69.0 Å². The van der Waals surface area contributed by atoms with Gasteiger partial charge in [-0.05, 0) is 172 Å². The molecular weight excluding hydrogens is 793 g/mol. The normalized spacial score (nSPS) is 40.9. The SMILES string of the molecule is CCCCCCCCC1CCC2C3CC=C4C[C@H](OC(=O)OCCOC(=O)O[C@H]5CC[C@@]6(C)C(=CC[C@H]7[C@@H]8CC[C@H](CCCCCCCC)[C@@]8(C)CC[C@@H]76)C5)CC[C@@]4(C)C3CC[C@@]12C. The fourth-order valence-corrected chi connectivity index (χ4v) is 17.6. The van der Waals surface area contributed by atoms with E-state index in [1.807, 2.05) is 0 Å². The van der Waals surface area contributed by atoms with Gasteiger partial charge in [-0.3, -0.25) is 0 Å². The number of fused-ring (bicyclic) bond motifs is 10. The maximum Gasteiger partial charge on any atom is 0.508 e. The second kappa shape index (κ2) is 21.1. The van der Waals surface area contributed by atoms with Crippen molar-refractivity contribution in [2.45, 2.75) is 246 Å². The van der Waals surface area contributed by atoms with E-state index in [1.54, 1.807) is 0 Å². The molecule has 0 spiro atoms. The number of carbonyl (C=O) groups excluding carboxylic acids is 2. The first-order chi connectivity index (χ1) is 30.9. The summed E-state index contributed by atoms with van der Waals surface area (Å²) in [5.41, 5.74) is 4.52. The van der Waals surface area contributed by atoms with Crippen LogP contribution in [0.1, 0.15) is 234 Å². The molecule has 8 aliphatic carbocycles. The van der Waals surface area contributed by atoms with E-state index in [4.69, 9.17) is 18.9 Å². The molecule has 8 rings (SSSR count). The van der Waals surface area contributed by atoms with Crippen LogP contribution in [0.2, 0.25) is 0 Å². The van der Waals surface area contributed by atoms with Gasteiger partial charge in [0.25, 0.3) is 0 Å². The molecule has 0 saturated heterocycles. The molecule has 0 aliphatic heterocycles. The van der Waals surface area contributed by atoms with Gasteiger partial charge in [0.05, 0.1) is 0 Å². The Balaban J connectivity index is 0.731. The lowest BCUT2D eigenvalue weighted by Crippen LogP contribution is -2.50. The van der Waals surface area contributed by atoms with E-state index in [2.05, 4.69) is 53.7 Å². The maximum absolute atomic E-state index is 12.9. The zero-order valence-electron chi connectivity index (χ0n) is 42.0. The molecule has 8 aliphatic rings. The van der Waals surface area contributed by atoms with Crippen molar-refractivity contribution in [2.24, 2.45) is 69.0 Å². The Bertz CT molecular complexity index is 1520. The lowest BCUT2D eigenvalue weighted by atomic mass is 9.47. The van der Waals surface area contributed by atoms with Crippen molar-refractivity contribution in [3.63, 3.8) is 0 Å². The van der Waals surface area contributed by atoms with E-state index >= 15 is 0 Å². The molecule has 0 radical (unpaired) electrons. The predicted octanol–water partition coefficient (Wildman–Crippen LogP) is 16.7. The van der Waals surface area contributed by atoms with Crippen LogP contribution in [0.25, 0.3) is 0 Å². The fourth-order valence-electron chi connectivity index (χ4n) is 17.6. The molecule has 0 aromatic rings. The van der Waals surface area contributed by atoms with Crippen LogP contribution in [-0.4, -0.2) is 37.7 Å². The molecule has 6 fully saturated rings. The molecule has 0 heterocycles. The minimum Gasteiger partial charge on any atom is -0.431 e. The molecule has 6 nitrogen and oxygen atoms in total. The average molecular weight is 887 g/mol. The van der Waals surface area contributed by atoms with Crippen LogP contribution >= 0.6 is 0 Å². The highest BCUT2D eigenvalue weighted by atomic mass is 16.8. The summed E-state index contributed by atoms with van der Waals surface area (Å²) in [5, 5.41) is 0. The summed E-state index contributed by atoms with van der Waals surface area (Å²) in [6.45, 7) is 15.0. The first-order valence-corrected chi connectivity index (χ1v) is 28.0. The standard InChI is InChI=1S/C58H94O6/c1-7-9-11-13-15-17-19-41-23-27-49-47-25-21-43-39-45(29-33-57(43,5)51(47)31-35-55(41,49)3)63-53(59)61-37-38-62-54(60)64-46-30-34-58(6)44(40-46)22-26-48-50-28-24-42(20-18-16-14-12-10-8-2)56(50,4)36-32-52(48)58/h21-22,41-42,45-52H,7-20,23-40H2,1-6H3/t41-,42?,45-,46+,47-,48?,49-,50?,51-,52?,55+,56-,57-,58+/m0/s1. The maximum atomic E-state index is 12.9. The quantitative estimate of drug-likeness (QED) is 0.0731. The van der Waals surface area contributed by atoms with Gasteiger partial charge in [0.2, 0.25) is 0 Å². The monoisotopic (exact) mass is 887 g/mol. The first kappa shape index (κ1) is 48.5. The molecule has 0 bridgehead atoms. The highest BCUT2D eigenvalue weighted by Crippen LogP contribution is 2.68. The highest BCUT2D eigenvalue weighted by Gasteiger charge is 2.60. The summed E-state index contributed by atoms with van der Waals surface area (Å²) >= 11 is 0. The molecule has 362 valence electrons. The van der Waals surface area contributed by atoms with Gasteiger partial charge in [-0.25, -0.2) is 9.59 Å². The van der Waals surface area contributed by atoms with E-state index in [1.165, 1.54) is 165 Å². The van der Waals surface area contributed by atoms with Crippen molar-refractivity contribution >= 4 is 12.3 Å². The summed E-state index contributed by atoms with van der Waals surface area (Å²) < 4.78 is 22.7. The van der Waals surface area contributed by atoms with Crippen molar-refractivity contribution in [1.29, 1.82) is 0 Å². The summed E-state index contributed by atoms with van der Waals surface area (Å²) in [6.07, 6.45) is 42.4. The molecule has 0 N–H and O–H groups in total. The van der Waals surface area contributed by atoms with Crippen LogP contribution < -0.4 is 0 Å². The minimum absolute atomic E-state index is 0.0261. The van der Waals surface area contributed by atoms with Gasteiger partial charge in [-0.1, -0.05) is 142 Å². The topological polar surface area (TPSA) is 71.1 Å². The summed E-state index contributed by atoms with van der Waals surface area (Å²) in [4.78, 5) is 25.7. The summed E-state index contributed by atoms with van der Waals surface area (Å²) in [7, 11) is 0. The number of unbranched alkanes of at least 4 members (excludes halogenated alkanes) is 10. The summed E-state index contributed by atoms with van der Waals surface area (Å²) in [5.74, 6) is 6.67. The molecule has 14 atom stereocenters. The van der Waals surface area contributed by atoms with E-state index in [9.17, 15) is 9.59 Å². The molecule has 4 unspecified atom stereocenters. The molecule has 0 amide bonds. The van der Waals surface area contributed by atoms with Gasteiger partial charge in [0.15, 0.2) is 0 Å². The Hall–Kier alpha value is -1.98. The minimum atomic E-state index is -0.654. The Morgan fingerprint density at radius 3 is 1.33 bits per heavy atom. The number of hydrogen-bond donors (Lipinski definition) is 0. The fraction of sp³-hybridized carbons (Fsp3) is 0.897. The van der Waals surface area contributed by atoms with E-state index in [0.29, 0.717) is 10.8 Å². The molecule has 6 heteroatoms. The lowest BCUT2D eigenvalue weighted by Gasteiger charge is -2.58. The van der Waals surface area contributed by atoms with Gasteiger partial charge < -0.3 is 18.9 Å². The third-order valence-corrected chi connectivity index (χ3v) is 21.4. The zero-order chi connectivity index (χ0) is 45.0. The third kappa shape index (κ3) is 9.94. The van der Waals surface area contributed by atoms with Crippen molar-refractivity contribution < 1.29 is 28.5 Å². The Labute approximate surface area is 391 Å². The highest BCUT2D eigenvalue weighted by molar-refractivity contribution is 5.61. The summed E-state index contributed by atoms with van der Waals surface area (Å²) in [6, 6.07) is 0. The number of allylic oxidation sites excluding steroid dienone is 2. The molecule has 6 saturated carbocycles. The van der Waals surface area contributed by atoms with Crippen molar-refractivity contribution in [3.05, 3.63) is 23.3 Å². The number of ether oxygens (including phenoxy) is 4. The second-order valence-corrected chi connectivity index (χ2v) is 24.4. The van der Waals surface area contributed by atoms with E-state index < -0.39 is 12.3 Å². The van der Waals surface area contributed by atoms with Gasteiger partial charge >= 0.3 is 12.3 Å². The molecular formula is C58H94O6. The number of carbonyl (C=O) groups is 2. The largest absolute Gasteiger partial charge is 0.508 e. The Kier molecular flexibility index (Phi) is 16.0. The third-order valence-electron chi connectivity index (χ3n) is 21.4. The molecule has 64 heavy (non-hydrogen) atoms. The van der Waals surface area contributed by atoms with Crippen molar-refractivity contribution in [1.82, 2.24) is 0 Å². The second-order valence-electron chi connectivity index (χ2n) is 24.4.